The number of thioether (sulfide) groups is 1. The first-order valence-corrected chi connectivity index (χ1v) is 9.42. The highest BCUT2D eigenvalue weighted by molar-refractivity contribution is 8.01. The van der Waals surface area contributed by atoms with Crippen LogP contribution in [0.5, 0.6) is 0 Å². The number of amides is 1. The van der Waals surface area contributed by atoms with Crippen molar-refractivity contribution in [3.63, 3.8) is 0 Å². The third kappa shape index (κ3) is 4.30. The monoisotopic (exact) mass is 333 g/mol. The van der Waals surface area contributed by atoms with Gasteiger partial charge in [0.1, 0.15) is 0 Å². The molecule has 1 fully saturated rings. The summed E-state index contributed by atoms with van der Waals surface area (Å²) < 4.78 is 0.914. The smallest absolute Gasteiger partial charge is 0.229 e. The summed E-state index contributed by atoms with van der Waals surface area (Å²) >= 11 is 3.15. The van der Waals surface area contributed by atoms with Gasteiger partial charge in [-0.2, -0.15) is 0 Å². The highest BCUT2D eigenvalue weighted by Crippen LogP contribution is 2.29. The van der Waals surface area contributed by atoms with Gasteiger partial charge in [-0.3, -0.25) is 4.79 Å². The molecule has 0 atom stereocenters. The van der Waals surface area contributed by atoms with Gasteiger partial charge in [-0.15, -0.1) is 10.2 Å². The summed E-state index contributed by atoms with van der Waals surface area (Å²) in [6.45, 7) is 0. The lowest BCUT2D eigenvalue weighted by Gasteiger charge is -2.06. The van der Waals surface area contributed by atoms with Gasteiger partial charge in [0.25, 0.3) is 0 Å². The summed E-state index contributed by atoms with van der Waals surface area (Å²) in [4.78, 5) is 12.0. The molecule has 6 heteroatoms. The van der Waals surface area contributed by atoms with Crippen molar-refractivity contribution in [2.24, 2.45) is 5.92 Å². The van der Waals surface area contributed by atoms with E-state index >= 15 is 0 Å². The molecule has 0 aliphatic heterocycles. The van der Waals surface area contributed by atoms with Crippen molar-refractivity contribution in [1.82, 2.24) is 10.2 Å². The second-order valence-electron chi connectivity index (χ2n) is 5.43. The van der Waals surface area contributed by atoms with E-state index in [2.05, 4.69) is 39.8 Å². The summed E-state index contributed by atoms with van der Waals surface area (Å²) in [6, 6.07) is 10.4. The summed E-state index contributed by atoms with van der Waals surface area (Å²) in [6.07, 6.45) is 5.34. The quantitative estimate of drug-likeness (QED) is 0.641. The number of aromatic nitrogens is 2. The summed E-state index contributed by atoms with van der Waals surface area (Å²) in [7, 11) is 0. The topological polar surface area (TPSA) is 54.9 Å². The van der Waals surface area contributed by atoms with Crippen LogP contribution in [-0.2, 0) is 11.2 Å². The predicted molar refractivity (Wildman–Crippen MR) is 91.4 cm³/mol. The minimum absolute atomic E-state index is 0.106. The number of anilines is 1. The Morgan fingerprint density at radius 2 is 2.00 bits per heavy atom. The molecule has 0 radical (unpaired) electrons. The lowest BCUT2D eigenvalue weighted by molar-refractivity contribution is -0.119. The maximum absolute atomic E-state index is 12.0. The van der Waals surface area contributed by atoms with Crippen LogP contribution >= 0.6 is 23.1 Å². The van der Waals surface area contributed by atoms with E-state index in [0.717, 1.165) is 42.2 Å². The Morgan fingerprint density at radius 1 is 1.23 bits per heavy atom. The lowest BCUT2D eigenvalue weighted by atomic mass is 10.1. The minimum atomic E-state index is 0.106. The number of nitrogens with one attached hydrogen (secondary N) is 1. The molecule has 0 saturated heterocycles. The number of hydrogen-bond donors (Lipinski definition) is 1. The van der Waals surface area contributed by atoms with Gasteiger partial charge in [-0.05, 0) is 24.8 Å². The van der Waals surface area contributed by atoms with Crippen molar-refractivity contribution >= 4 is 34.1 Å². The third-order valence-corrected chi connectivity index (χ3v) is 5.80. The van der Waals surface area contributed by atoms with Gasteiger partial charge >= 0.3 is 0 Å². The molecule has 1 aliphatic rings. The molecule has 0 bridgehead atoms. The van der Waals surface area contributed by atoms with Gasteiger partial charge in [0.2, 0.25) is 11.0 Å². The first-order valence-electron chi connectivity index (χ1n) is 7.62. The van der Waals surface area contributed by atoms with E-state index in [1.54, 1.807) is 11.8 Å². The SMILES string of the molecule is O=C(Nc1nnc(SCCc2ccccc2)s1)C1CCCC1. The standard InChI is InChI=1S/C16H19N3OS2/c20-14(13-8-4-5-9-13)17-15-18-19-16(22-15)21-11-10-12-6-2-1-3-7-12/h1-3,6-7,13H,4-5,8-11H2,(H,17,18,20). The van der Waals surface area contributed by atoms with Crippen molar-refractivity contribution in [3.8, 4) is 0 Å². The Labute approximate surface area is 138 Å². The van der Waals surface area contributed by atoms with Crippen LogP contribution in [0.25, 0.3) is 0 Å². The number of hydrogen-bond acceptors (Lipinski definition) is 5. The molecule has 1 aliphatic carbocycles. The van der Waals surface area contributed by atoms with Crippen LogP contribution in [0.4, 0.5) is 5.13 Å². The van der Waals surface area contributed by atoms with Crippen molar-refractivity contribution in [3.05, 3.63) is 35.9 Å². The molecule has 1 amide bonds. The summed E-state index contributed by atoms with van der Waals surface area (Å²) in [5, 5.41) is 11.7. The second kappa shape index (κ2) is 7.74. The molecule has 2 aromatic rings. The van der Waals surface area contributed by atoms with Crippen LogP contribution in [0.1, 0.15) is 31.2 Å². The molecular weight excluding hydrogens is 314 g/mol. The molecule has 0 unspecified atom stereocenters. The van der Waals surface area contributed by atoms with Crippen molar-refractivity contribution < 1.29 is 4.79 Å². The van der Waals surface area contributed by atoms with E-state index in [1.165, 1.54) is 16.9 Å². The van der Waals surface area contributed by atoms with E-state index in [9.17, 15) is 4.79 Å². The van der Waals surface area contributed by atoms with Gasteiger partial charge in [0.15, 0.2) is 4.34 Å². The van der Waals surface area contributed by atoms with E-state index < -0.39 is 0 Å². The zero-order valence-electron chi connectivity index (χ0n) is 12.3. The lowest BCUT2D eigenvalue weighted by Crippen LogP contribution is -2.20. The number of benzene rings is 1. The van der Waals surface area contributed by atoms with Gasteiger partial charge in [0.05, 0.1) is 0 Å². The molecule has 22 heavy (non-hydrogen) atoms. The Bertz CT molecular complexity index is 609. The number of aryl methyl sites for hydroxylation is 1. The molecule has 1 N–H and O–H groups in total. The molecule has 1 saturated carbocycles. The molecule has 3 rings (SSSR count). The molecule has 1 aromatic heterocycles. The van der Waals surface area contributed by atoms with Crippen LogP contribution in [0, 0.1) is 5.92 Å². The fraction of sp³-hybridized carbons (Fsp3) is 0.438. The number of carbonyl (C=O) groups is 1. The summed E-state index contributed by atoms with van der Waals surface area (Å²) in [5.74, 6) is 1.24. The van der Waals surface area contributed by atoms with E-state index in [0.29, 0.717) is 5.13 Å². The largest absolute Gasteiger partial charge is 0.300 e. The molecule has 4 nitrogen and oxygen atoms in total. The molecule has 1 heterocycles. The highest BCUT2D eigenvalue weighted by atomic mass is 32.2. The summed E-state index contributed by atoms with van der Waals surface area (Å²) in [5.41, 5.74) is 1.33. The first kappa shape index (κ1) is 15.5. The Morgan fingerprint density at radius 3 is 2.77 bits per heavy atom. The van der Waals surface area contributed by atoms with Crippen LogP contribution < -0.4 is 5.32 Å². The molecular formula is C16H19N3OS2. The molecule has 1 aromatic carbocycles. The predicted octanol–water partition coefficient (Wildman–Crippen LogP) is 4.00. The Balaban J connectivity index is 1.45. The van der Waals surface area contributed by atoms with Gasteiger partial charge < -0.3 is 5.32 Å². The van der Waals surface area contributed by atoms with E-state index in [1.807, 2.05) is 6.07 Å². The van der Waals surface area contributed by atoms with Gasteiger partial charge in [-0.25, -0.2) is 0 Å². The zero-order chi connectivity index (χ0) is 15.2. The zero-order valence-corrected chi connectivity index (χ0v) is 14.0. The number of nitrogens with zero attached hydrogens (tertiary/aromatic N) is 2. The number of rotatable bonds is 6. The van der Waals surface area contributed by atoms with Crippen LogP contribution in [-0.4, -0.2) is 21.9 Å². The van der Waals surface area contributed by atoms with Crippen LogP contribution in [0.2, 0.25) is 0 Å². The van der Waals surface area contributed by atoms with Crippen molar-refractivity contribution in [2.75, 3.05) is 11.1 Å². The van der Waals surface area contributed by atoms with Crippen LogP contribution in [0.3, 0.4) is 0 Å². The molecule has 0 spiro atoms. The fourth-order valence-electron chi connectivity index (χ4n) is 2.61. The minimum Gasteiger partial charge on any atom is -0.300 e. The Kier molecular flexibility index (Phi) is 5.45. The third-order valence-electron chi connectivity index (χ3n) is 3.82. The average molecular weight is 333 g/mol. The Hall–Kier alpha value is -1.40. The maximum Gasteiger partial charge on any atom is 0.229 e. The van der Waals surface area contributed by atoms with Gasteiger partial charge in [0, 0.05) is 11.7 Å². The molecule has 116 valence electrons. The normalized spacial score (nSPS) is 15.1. The fourth-order valence-corrected chi connectivity index (χ4v) is 4.43. The van der Waals surface area contributed by atoms with E-state index in [-0.39, 0.29) is 11.8 Å². The first-order chi connectivity index (χ1) is 10.8. The van der Waals surface area contributed by atoms with E-state index in [4.69, 9.17) is 0 Å². The highest BCUT2D eigenvalue weighted by Gasteiger charge is 2.23. The van der Waals surface area contributed by atoms with Gasteiger partial charge in [-0.1, -0.05) is 66.3 Å². The second-order valence-corrected chi connectivity index (χ2v) is 7.75. The maximum atomic E-state index is 12.0. The average Bonchev–Trinajstić information content (AvgIpc) is 3.20. The van der Waals surface area contributed by atoms with Crippen molar-refractivity contribution in [1.29, 1.82) is 0 Å². The number of carbonyl (C=O) groups excluding carboxylic acids is 1. The van der Waals surface area contributed by atoms with Crippen molar-refractivity contribution in [2.45, 2.75) is 36.4 Å². The van der Waals surface area contributed by atoms with Crippen LogP contribution in [0.15, 0.2) is 34.7 Å².